The number of nitriles is 1. The molecule has 0 aliphatic carbocycles. The van der Waals surface area contributed by atoms with E-state index in [-0.39, 0.29) is 6.04 Å². The maximum atomic E-state index is 8.93. The highest BCUT2D eigenvalue weighted by molar-refractivity contribution is 5.22. The fourth-order valence-corrected chi connectivity index (χ4v) is 3.22. The van der Waals surface area contributed by atoms with Gasteiger partial charge in [0.15, 0.2) is 0 Å². The zero-order valence-corrected chi connectivity index (χ0v) is 13.4. The molecule has 4 nitrogen and oxygen atoms in total. The normalized spacial score (nSPS) is 24.4. The first-order chi connectivity index (χ1) is 11.2. The zero-order chi connectivity index (χ0) is 16.1. The van der Waals surface area contributed by atoms with Crippen molar-refractivity contribution in [1.82, 2.24) is 9.88 Å². The molecule has 1 aromatic heterocycles. The summed E-state index contributed by atoms with van der Waals surface area (Å²) in [5.41, 5.74) is 1.86. The molecule has 0 N–H and O–H groups in total. The van der Waals surface area contributed by atoms with Crippen LogP contribution in [-0.2, 0) is 17.0 Å². The lowest BCUT2D eigenvalue weighted by atomic mass is 10.0. The summed E-state index contributed by atoms with van der Waals surface area (Å²) in [6, 6.07) is 16.9. The van der Waals surface area contributed by atoms with E-state index in [0.717, 1.165) is 18.5 Å². The SMILES string of the molecule is C[C@]1(c2ccncc2)OC[C@H](CCC#N)N1Cc1ccccc1. The van der Waals surface area contributed by atoms with Gasteiger partial charge < -0.3 is 4.74 Å². The smallest absolute Gasteiger partial charge is 0.145 e. The molecule has 0 amide bonds. The van der Waals surface area contributed by atoms with Gasteiger partial charge in [-0.15, -0.1) is 0 Å². The summed E-state index contributed by atoms with van der Waals surface area (Å²) in [5, 5.41) is 8.93. The largest absolute Gasteiger partial charge is 0.355 e. The molecule has 118 valence electrons. The van der Waals surface area contributed by atoms with Crippen LogP contribution in [0.5, 0.6) is 0 Å². The number of aromatic nitrogens is 1. The molecule has 1 aliphatic rings. The average molecular weight is 307 g/mol. The number of hydrogen-bond acceptors (Lipinski definition) is 4. The van der Waals surface area contributed by atoms with Crippen molar-refractivity contribution in [2.24, 2.45) is 0 Å². The third kappa shape index (κ3) is 3.26. The van der Waals surface area contributed by atoms with Gasteiger partial charge in [0.2, 0.25) is 0 Å². The standard InChI is InChI=1S/C19H21N3O/c1-19(17-9-12-21-13-10-17)22(14-16-6-3-2-4-7-16)18(15-23-19)8-5-11-20/h2-4,6-7,9-10,12-13,18H,5,8,14-15H2,1H3/t18-,19+/m0/s1. The Balaban J connectivity index is 1.90. The van der Waals surface area contributed by atoms with Crippen LogP contribution in [0.4, 0.5) is 0 Å². The lowest BCUT2D eigenvalue weighted by Gasteiger charge is -2.37. The Hall–Kier alpha value is -2.22. The molecule has 1 aliphatic heterocycles. The number of nitrogens with zero attached hydrogens (tertiary/aromatic N) is 3. The maximum absolute atomic E-state index is 8.93. The minimum absolute atomic E-state index is 0.244. The molecule has 0 bridgehead atoms. The monoisotopic (exact) mass is 307 g/mol. The Kier molecular flexibility index (Phi) is 4.71. The summed E-state index contributed by atoms with van der Waals surface area (Å²) in [5.74, 6) is 0. The topological polar surface area (TPSA) is 49.1 Å². The predicted molar refractivity (Wildman–Crippen MR) is 88.2 cm³/mol. The van der Waals surface area contributed by atoms with Crippen molar-refractivity contribution in [3.63, 3.8) is 0 Å². The fourth-order valence-electron chi connectivity index (χ4n) is 3.22. The molecule has 2 atom stereocenters. The van der Waals surface area contributed by atoms with E-state index in [1.165, 1.54) is 5.56 Å². The van der Waals surface area contributed by atoms with Crippen molar-refractivity contribution < 1.29 is 4.74 Å². The molecule has 0 unspecified atom stereocenters. The minimum Gasteiger partial charge on any atom is -0.355 e. The van der Waals surface area contributed by atoms with Crippen LogP contribution >= 0.6 is 0 Å². The average Bonchev–Trinajstić information content (AvgIpc) is 2.92. The highest BCUT2D eigenvalue weighted by Gasteiger charge is 2.44. The van der Waals surface area contributed by atoms with Crippen LogP contribution in [-0.4, -0.2) is 22.5 Å². The van der Waals surface area contributed by atoms with Crippen LogP contribution in [0.1, 0.15) is 30.9 Å². The van der Waals surface area contributed by atoms with Crippen LogP contribution < -0.4 is 0 Å². The summed E-state index contributed by atoms with van der Waals surface area (Å²) in [6.45, 7) is 3.56. The number of benzene rings is 1. The summed E-state index contributed by atoms with van der Waals surface area (Å²) < 4.78 is 6.21. The fraction of sp³-hybridized carbons (Fsp3) is 0.368. The zero-order valence-electron chi connectivity index (χ0n) is 13.4. The Labute approximate surface area is 137 Å². The second-order valence-electron chi connectivity index (χ2n) is 5.99. The van der Waals surface area contributed by atoms with Crippen LogP contribution in [0.25, 0.3) is 0 Å². The molecule has 2 heterocycles. The number of rotatable bonds is 5. The second-order valence-corrected chi connectivity index (χ2v) is 5.99. The molecule has 0 spiro atoms. The number of pyridine rings is 1. The van der Waals surface area contributed by atoms with Crippen molar-refractivity contribution in [2.45, 2.75) is 38.1 Å². The molecule has 23 heavy (non-hydrogen) atoms. The van der Waals surface area contributed by atoms with Crippen LogP contribution in [0, 0.1) is 11.3 Å². The van der Waals surface area contributed by atoms with Crippen LogP contribution in [0.3, 0.4) is 0 Å². The number of ether oxygens (including phenoxy) is 1. The van der Waals surface area contributed by atoms with Crippen molar-refractivity contribution in [1.29, 1.82) is 5.26 Å². The van der Waals surface area contributed by atoms with Gasteiger partial charge in [-0.1, -0.05) is 30.3 Å². The van der Waals surface area contributed by atoms with Crippen LogP contribution in [0.15, 0.2) is 54.9 Å². The van der Waals surface area contributed by atoms with E-state index in [1.807, 2.05) is 18.2 Å². The molecule has 1 saturated heterocycles. The van der Waals surface area contributed by atoms with Crippen molar-refractivity contribution in [3.8, 4) is 6.07 Å². The van der Waals surface area contributed by atoms with Gasteiger partial charge in [-0.2, -0.15) is 5.26 Å². The van der Waals surface area contributed by atoms with Gasteiger partial charge in [-0.25, -0.2) is 0 Å². The summed E-state index contributed by atoms with van der Waals surface area (Å²) in [4.78, 5) is 6.48. The van der Waals surface area contributed by atoms with Gasteiger partial charge in [0.25, 0.3) is 0 Å². The van der Waals surface area contributed by atoms with Gasteiger partial charge in [0, 0.05) is 37.0 Å². The Morgan fingerprint density at radius 2 is 2.00 bits per heavy atom. The maximum Gasteiger partial charge on any atom is 0.145 e. The van der Waals surface area contributed by atoms with E-state index in [2.05, 4.69) is 47.1 Å². The van der Waals surface area contributed by atoms with E-state index in [1.54, 1.807) is 12.4 Å². The van der Waals surface area contributed by atoms with Gasteiger partial charge in [-0.3, -0.25) is 9.88 Å². The molecule has 3 rings (SSSR count). The predicted octanol–water partition coefficient (Wildman–Crippen LogP) is 3.46. The first kappa shape index (κ1) is 15.7. The molecule has 1 fully saturated rings. The van der Waals surface area contributed by atoms with E-state index >= 15 is 0 Å². The molecule has 0 radical (unpaired) electrons. The van der Waals surface area contributed by atoms with Crippen molar-refractivity contribution >= 4 is 0 Å². The minimum atomic E-state index is -0.487. The molecular formula is C19H21N3O. The molecule has 0 saturated carbocycles. The van der Waals surface area contributed by atoms with Gasteiger partial charge in [-0.05, 0) is 31.0 Å². The van der Waals surface area contributed by atoms with Gasteiger partial charge >= 0.3 is 0 Å². The quantitative estimate of drug-likeness (QED) is 0.849. The van der Waals surface area contributed by atoms with E-state index in [0.29, 0.717) is 13.0 Å². The Bertz CT molecular complexity index is 668. The summed E-state index contributed by atoms with van der Waals surface area (Å²) in [6.07, 6.45) is 4.97. The van der Waals surface area contributed by atoms with Crippen molar-refractivity contribution in [3.05, 3.63) is 66.0 Å². The Morgan fingerprint density at radius 3 is 2.70 bits per heavy atom. The number of hydrogen-bond donors (Lipinski definition) is 0. The second kappa shape index (κ2) is 6.91. The summed E-state index contributed by atoms with van der Waals surface area (Å²) >= 11 is 0. The molecule has 1 aromatic carbocycles. The van der Waals surface area contributed by atoms with E-state index in [4.69, 9.17) is 10.00 Å². The first-order valence-corrected chi connectivity index (χ1v) is 7.96. The van der Waals surface area contributed by atoms with Gasteiger partial charge in [0.05, 0.1) is 12.7 Å². The van der Waals surface area contributed by atoms with E-state index in [9.17, 15) is 0 Å². The first-order valence-electron chi connectivity index (χ1n) is 7.96. The third-order valence-electron chi connectivity index (χ3n) is 4.55. The van der Waals surface area contributed by atoms with Gasteiger partial charge in [0.1, 0.15) is 5.72 Å². The molecular weight excluding hydrogens is 286 g/mol. The molecule has 4 heteroatoms. The van der Waals surface area contributed by atoms with E-state index < -0.39 is 5.72 Å². The highest BCUT2D eigenvalue weighted by atomic mass is 16.5. The summed E-state index contributed by atoms with van der Waals surface area (Å²) in [7, 11) is 0. The lowest BCUT2D eigenvalue weighted by molar-refractivity contribution is -0.0807. The highest BCUT2D eigenvalue weighted by Crippen LogP contribution is 2.39. The van der Waals surface area contributed by atoms with Crippen molar-refractivity contribution in [2.75, 3.05) is 6.61 Å². The third-order valence-corrected chi connectivity index (χ3v) is 4.55. The molecule has 2 aromatic rings. The Morgan fingerprint density at radius 1 is 1.26 bits per heavy atom. The lowest BCUT2D eigenvalue weighted by Crippen LogP contribution is -2.43. The van der Waals surface area contributed by atoms with Crippen LogP contribution in [0.2, 0.25) is 0 Å².